The molecule has 0 amide bonds. The molecule has 3 aromatic rings. The van der Waals surface area contributed by atoms with Crippen molar-refractivity contribution in [1.82, 2.24) is 4.57 Å². The molecule has 0 unspecified atom stereocenters. The fourth-order valence-corrected chi connectivity index (χ4v) is 2.11. The van der Waals surface area contributed by atoms with Crippen LogP contribution in [0, 0.1) is 15.9 Å². The molecule has 6 nitrogen and oxygen atoms in total. The summed E-state index contributed by atoms with van der Waals surface area (Å²) in [5.41, 5.74) is 0.624. The van der Waals surface area contributed by atoms with Crippen molar-refractivity contribution < 1.29 is 13.7 Å². The number of oxazole rings is 1. The lowest BCUT2D eigenvalue weighted by molar-refractivity contribution is -0.384. The summed E-state index contributed by atoms with van der Waals surface area (Å²) in [7, 11) is 0. The molecular weight excluding hydrogens is 279 g/mol. The van der Waals surface area contributed by atoms with Crippen LogP contribution in [-0.2, 0) is 6.54 Å². The van der Waals surface area contributed by atoms with Crippen LogP contribution in [0.4, 0.5) is 10.1 Å². The topological polar surface area (TPSA) is 78.3 Å². The number of fused-ring (bicyclic) bond motifs is 1. The number of rotatable bonds is 3. The van der Waals surface area contributed by atoms with Crippen molar-refractivity contribution in [3.05, 3.63) is 74.5 Å². The van der Waals surface area contributed by atoms with Gasteiger partial charge in [0, 0.05) is 17.7 Å². The van der Waals surface area contributed by atoms with E-state index in [4.69, 9.17) is 4.42 Å². The Morgan fingerprint density at radius 3 is 2.71 bits per heavy atom. The Balaban J connectivity index is 2.15. The largest absolute Gasteiger partial charge is 0.420 e. The van der Waals surface area contributed by atoms with Crippen molar-refractivity contribution in [1.29, 1.82) is 0 Å². The lowest BCUT2D eigenvalue weighted by Gasteiger charge is -2.03. The number of nitrogens with zero attached hydrogens (tertiary/aromatic N) is 2. The second-order valence-corrected chi connectivity index (χ2v) is 4.45. The van der Waals surface area contributed by atoms with Gasteiger partial charge in [0.25, 0.3) is 5.69 Å². The van der Waals surface area contributed by atoms with Gasteiger partial charge in [-0.2, -0.15) is 0 Å². The molecule has 1 heterocycles. The maximum atomic E-state index is 13.7. The Bertz CT molecular complexity index is 897. The number of hydrogen-bond acceptors (Lipinski definition) is 4. The van der Waals surface area contributed by atoms with Gasteiger partial charge in [0.15, 0.2) is 5.58 Å². The molecule has 106 valence electrons. The molecule has 1 aromatic heterocycles. The van der Waals surface area contributed by atoms with Crippen LogP contribution in [-0.4, -0.2) is 9.49 Å². The van der Waals surface area contributed by atoms with Crippen LogP contribution in [0.2, 0.25) is 0 Å². The third kappa shape index (κ3) is 2.29. The molecule has 0 aliphatic heterocycles. The number of hydrogen-bond donors (Lipinski definition) is 0. The van der Waals surface area contributed by atoms with Crippen LogP contribution in [0.5, 0.6) is 0 Å². The third-order valence-corrected chi connectivity index (χ3v) is 3.15. The molecule has 0 N–H and O–H groups in total. The zero-order valence-corrected chi connectivity index (χ0v) is 10.7. The summed E-state index contributed by atoms with van der Waals surface area (Å²) in [5, 5.41) is 10.8. The van der Waals surface area contributed by atoms with Crippen LogP contribution in [0.15, 0.2) is 51.7 Å². The van der Waals surface area contributed by atoms with Crippen LogP contribution in [0.3, 0.4) is 0 Å². The van der Waals surface area contributed by atoms with Crippen molar-refractivity contribution in [2.45, 2.75) is 6.54 Å². The first-order valence-electron chi connectivity index (χ1n) is 6.07. The lowest BCUT2D eigenvalue weighted by atomic mass is 10.2. The molecule has 21 heavy (non-hydrogen) atoms. The number of nitro groups is 1. The number of benzene rings is 2. The molecule has 0 spiro atoms. The number of halogens is 1. The van der Waals surface area contributed by atoms with E-state index >= 15 is 0 Å². The zero-order chi connectivity index (χ0) is 15.0. The van der Waals surface area contributed by atoms with E-state index in [9.17, 15) is 19.3 Å². The van der Waals surface area contributed by atoms with Gasteiger partial charge in [-0.15, -0.1) is 0 Å². The molecule has 2 aromatic carbocycles. The van der Waals surface area contributed by atoms with Gasteiger partial charge in [0.1, 0.15) is 5.82 Å². The van der Waals surface area contributed by atoms with Gasteiger partial charge in [-0.25, -0.2) is 9.18 Å². The predicted octanol–water partition coefficient (Wildman–Crippen LogP) is 2.69. The molecule has 0 saturated carbocycles. The molecule has 0 fully saturated rings. The maximum absolute atomic E-state index is 13.7. The van der Waals surface area contributed by atoms with Crippen molar-refractivity contribution in [3.63, 3.8) is 0 Å². The zero-order valence-electron chi connectivity index (χ0n) is 10.7. The maximum Gasteiger partial charge on any atom is 0.420 e. The van der Waals surface area contributed by atoms with Gasteiger partial charge in [-0.3, -0.25) is 14.7 Å². The van der Waals surface area contributed by atoms with Crippen molar-refractivity contribution in [2.75, 3.05) is 0 Å². The Kier molecular flexibility index (Phi) is 3.02. The van der Waals surface area contributed by atoms with E-state index in [0.717, 1.165) is 0 Å². The fourth-order valence-electron chi connectivity index (χ4n) is 2.11. The summed E-state index contributed by atoms with van der Waals surface area (Å²) >= 11 is 0. The summed E-state index contributed by atoms with van der Waals surface area (Å²) in [6.07, 6.45) is 0. The van der Waals surface area contributed by atoms with Crippen molar-refractivity contribution in [2.24, 2.45) is 0 Å². The first kappa shape index (κ1) is 13.0. The lowest BCUT2D eigenvalue weighted by Crippen LogP contribution is -2.15. The molecule has 3 rings (SSSR count). The Hall–Kier alpha value is -2.96. The highest BCUT2D eigenvalue weighted by Gasteiger charge is 2.15. The summed E-state index contributed by atoms with van der Waals surface area (Å²) in [6, 6.07) is 9.85. The van der Waals surface area contributed by atoms with E-state index in [2.05, 4.69) is 0 Å². The highest BCUT2D eigenvalue weighted by Crippen LogP contribution is 2.21. The highest BCUT2D eigenvalue weighted by atomic mass is 19.1. The molecule has 0 bridgehead atoms. The molecule has 0 atom stereocenters. The SMILES string of the molecule is O=c1oc2ccc([N+](=O)[O-])cc2n1Cc1ccccc1F. The van der Waals surface area contributed by atoms with Gasteiger partial charge < -0.3 is 4.42 Å². The minimum atomic E-state index is -0.686. The summed E-state index contributed by atoms with van der Waals surface area (Å²) < 4.78 is 19.8. The minimum Gasteiger partial charge on any atom is -0.408 e. The number of nitro benzene ring substituents is 1. The van der Waals surface area contributed by atoms with E-state index in [1.807, 2.05) is 0 Å². The van der Waals surface area contributed by atoms with Gasteiger partial charge in [0.05, 0.1) is 17.0 Å². The second kappa shape index (κ2) is 4.86. The molecule has 0 radical (unpaired) electrons. The van der Waals surface area contributed by atoms with Gasteiger partial charge in [-0.05, 0) is 12.1 Å². The third-order valence-electron chi connectivity index (χ3n) is 3.15. The summed E-state index contributed by atoms with van der Waals surface area (Å²) in [4.78, 5) is 22.1. The van der Waals surface area contributed by atoms with Crippen LogP contribution < -0.4 is 5.76 Å². The highest BCUT2D eigenvalue weighted by molar-refractivity contribution is 5.76. The van der Waals surface area contributed by atoms with Crippen molar-refractivity contribution in [3.8, 4) is 0 Å². The molecule has 0 aliphatic carbocycles. The van der Waals surface area contributed by atoms with Gasteiger partial charge in [-0.1, -0.05) is 18.2 Å². The molecule has 7 heteroatoms. The van der Waals surface area contributed by atoms with Gasteiger partial charge >= 0.3 is 5.76 Å². The first-order chi connectivity index (χ1) is 10.1. The average molecular weight is 288 g/mol. The quantitative estimate of drug-likeness (QED) is 0.548. The van der Waals surface area contributed by atoms with E-state index in [1.165, 1.54) is 34.9 Å². The summed E-state index contributed by atoms with van der Waals surface area (Å²) in [5.74, 6) is -1.14. The van der Waals surface area contributed by atoms with E-state index in [0.29, 0.717) is 5.56 Å². The molecule has 0 aliphatic rings. The van der Waals surface area contributed by atoms with Crippen LogP contribution in [0.25, 0.3) is 11.1 Å². The molecular formula is C14H9FN2O4. The van der Waals surface area contributed by atoms with Crippen molar-refractivity contribution >= 4 is 16.8 Å². The average Bonchev–Trinajstić information content (AvgIpc) is 2.76. The second-order valence-electron chi connectivity index (χ2n) is 4.45. The Labute approximate surface area is 117 Å². The predicted molar refractivity (Wildman–Crippen MR) is 72.6 cm³/mol. The minimum absolute atomic E-state index is 0.0559. The van der Waals surface area contributed by atoms with Crippen LogP contribution >= 0.6 is 0 Å². The Morgan fingerprint density at radius 2 is 2.00 bits per heavy atom. The Morgan fingerprint density at radius 1 is 1.24 bits per heavy atom. The van der Waals surface area contributed by atoms with Gasteiger partial charge in [0.2, 0.25) is 0 Å². The van der Waals surface area contributed by atoms with E-state index in [1.54, 1.807) is 12.1 Å². The van der Waals surface area contributed by atoms with Crippen LogP contribution in [0.1, 0.15) is 5.56 Å². The standard InChI is InChI=1S/C14H9FN2O4/c15-11-4-2-1-3-9(11)8-16-12-7-10(17(19)20)5-6-13(12)21-14(16)18/h1-7H,8H2. The number of non-ortho nitro benzene ring substituents is 1. The molecule has 0 saturated heterocycles. The first-order valence-corrected chi connectivity index (χ1v) is 6.07. The summed E-state index contributed by atoms with van der Waals surface area (Å²) in [6.45, 7) is -0.0559. The number of aromatic nitrogens is 1. The smallest absolute Gasteiger partial charge is 0.408 e. The van der Waals surface area contributed by atoms with E-state index < -0.39 is 16.5 Å². The van der Waals surface area contributed by atoms with E-state index in [-0.39, 0.29) is 23.3 Å². The fraction of sp³-hybridized carbons (Fsp3) is 0.0714. The monoisotopic (exact) mass is 288 g/mol. The normalized spacial score (nSPS) is 10.9.